The molecule has 1 rings (SSSR count). The van der Waals surface area contributed by atoms with Crippen molar-refractivity contribution < 1.29 is 18.3 Å². The zero-order chi connectivity index (χ0) is 12.3. The summed E-state index contributed by atoms with van der Waals surface area (Å²) in [6.07, 6.45) is -1.31. The molecule has 0 fully saturated rings. The van der Waals surface area contributed by atoms with E-state index in [1.807, 2.05) is 0 Å². The second-order valence-corrected chi connectivity index (χ2v) is 4.69. The number of halogens is 4. The van der Waals surface area contributed by atoms with Crippen molar-refractivity contribution in [3.63, 3.8) is 0 Å². The first kappa shape index (κ1) is 13.8. The number of carbonyl (C=O) groups is 1. The van der Waals surface area contributed by atoms with Crippen molar-refractivity contribution in [1.82, 2.24) is 4.98 Å². The number of esters is 1. The lowest BCUT2D eigenvalue weighted by Gasteiger charge is -2.09. The number of ether oxygens (including phenoxy) is 1. The maximum atomic E-state index is 12.7. The van der Waals surface area contributed by atoms with Crippen LogP contribution in [0.25, 0.3) is 0 Å². The Morgan fingerprint density at radius 3 is 2.81 bits per heavy atom. The van der Waals surface area contributed by atoms with E-state index in [9.17, 15) is 13.6 Å². The van der Waals surface area contributed by atoms with Crippen molar-refractivity contribution in [3.8, 4) is 0 Å². The molecule has 7 heteroatoms. The first-order chi connectivity index (χ1) is 7.47. The molecule has 0 aliphatic rings. The summed E-state index contributed by atoms with van der Waals surface area (Å²) < 4.78 is 30.3. The number of alkyl halides is 2. The van der Waals surface area contributed by atoms with Crippen molar-refractivity contribution in [2.45, 2.75) is 12.8 Å². The van der Waals surface area contributed by atoms with E-state index in [2.05, 4.69) is 25.7 Å². The average Bonchev–Trinajstić information content (AvgIpc) is 2.21. The predicted molar refractivity (Wildman–Crippen MR) is 65.3 cm³/mol. The van der Waals surface area contributed by atoms with Crippen LogP contribution in [0.2, 0.25) is 0 Å². The Morgan fingerprint density at radius 1 is 1.69 bits per heavy atom. The molecule has 1 aromatic rings. The lowest BCUT2D eigenvalue weighted by atomic mass is 10.1. The first-order valence-electron chi connectivity index (χ1n) is 4.15. The molecule has 0 aliphatic carbocycles. The van der Waals surface area contributed by atoms with Gasteiger partial charge in [0, 0.05) is 9.77 Å². The molecule has 0 amide bonds. The van der Waals surface area contributed by atoms with Crippen LogP contribution in [0.3, 0.4) is 0 Å². The van der Waals surface area contributed by atoms with Gasteiger partial charge in [0.15, 0.2) is 0 Å². The monoisotopic (exact) mass is 405 g/mol. The van der Waals surface area contributed by atoms with Gasteiger partial charge in [0.25, 0.3) is 6.43 Å². The lowest BCUT2D eigenvalue weighted by molar-refractivity contribution is -0.139. The summed E-state index contributed by atoms with van der Waals surface area (Å²) in [5, 5.41) is 0. The standard InChI is InChI=1S/C9H7BrF2INO2/c1-16-5(15)2-4-3-14-8(10)6(7(4)13)9(11)12/h3,9H,2H2,1H3. The fourth-order valence-electron chi connectivity index (χ4n) is 1.06. The smallest absolute Gasteiger partial charge is 0.310 e. The number of hydrogen-bond acceptors (Lipinski definition) is 3. The number of aromatic nitrogens is 1. The van der Waals surface area contributed by atoms with E-state index in [0.717, 1.165) is 0 Å². The van der Waals surface area contributed by atoms with Crippen molar-refractivity contribution in [2.24, 2.45) is 0 Å². The second kappa shape index (κ2) is 5.85. The van der Waals surface area contributed by atoms with Gasteiger partial charge in [-0.1, -0.05) is 0 Å². The third kappa shape index (κ3) is 3.09. The molecule has 1 aromatic heterocycles. The number of carbonyl (C=O) groups excluding carboxylic acids is 1. The van der Waals surface area contributed by atoms with E-state index in [-0.39, 0.29) is 16.6 Å². The maximum absolute atomic E-state index is 12.7. The molecule has 1 heterocycles. The SMILES string of the molecule is COC(=O)Cc1cnc(Br)c(C(F)F)c1I. The predicted octanol–water partition coefficient (Wildman–Crippen LogP) is 3.10. The summed E-state index contributed by atoms with van der Waals surface area (Å²) in [6, 6.07) is 0. The van der Waals surface area contributed by atoms with Crippen molar-refractivity contribution in [2.75, 3.05) is 7.11 Å². The summed E-state index contributed by atoms with van der Waals surface area (Å²) >= 11 is 4.73. The molecule has 16 heavy (non-hydrogen) atoms. The minimum absolute atomic E-state index is 0.0607. The lowest BCUT2D eigenvalue weighted by Crippen LogP contribution is -2.08. The minimum atomic E-state index is -2.63. The average molecular weight is 406 g/mol. The van der Waals surface area contributed by atoms with Crippen LogP contribution in [-0.4, -0.2) is 18.1 Å². The van der Waals surface area contributed by atoms with Crippen LogP contribution in [0.1, 0.15) is 17.6 Å². The Balaban J connectivity index is 3.13. The highest BCUT2D eigenvalue weighted by Crippen LogP contribution is 2.32. The number of pyridine rings is 1. The molecule has 0 saturated carbocycles. The fraction of sp³-hybridized carbons (Fsp3) is 0.333. The topological polar surface area (TPSA) is 39.2 Å². The summed E-state index contributed by atoms with van der Waals surface area (Å²) in [4.78, 5) is 14.8. The maximum Gasteiger partial charge on any atom is 0.310 e. The molecule has 0 aromatic carbocycles. The third-order valence-electron chi connectivity index (χ3n) is 1.86. The fourth-order valence-corrected chi connectivity index (χ4v) is 2.73. The zero-order valence-corrected chi connectivity index (χ0v) is 11.9. The van der Waals surface area contributed by atoms with Crippen LogP contribution >= 0.6 is 38.5 Å². The van der Waals surface area contributed by atoms with Crippen molar-refractivity contribution >= 4 is 44.5 Å². The van der Waals surface area contributed by atoms with Gasteiger partial charge in [-0.2, -0.15) is 0 Å². The zero-order valence-electron chi connectivity index (χ0n) is 8.14. The first-order valence-corrected chi connectivity index (χ1v) is 6.02. The van der Waals surface area contributed by atoms with Gasteiger partial charge in [0.2, 0.25) is 0 Å². The highest BCUT2D eigenvalue weighted by atomic mass is 127. The van der Waals surface area contributed by atoms with Gasteiger partial charge in [-0.05, 0) is 44.1 Å². The van der Waals surface area contributed by atoms with E-state index in [1.54, 1.807) is 22.6 Å². The third-order valence-corrected chi connectivity index (χ3v) is 3.76. The van der Waals surface area contributed by atoms with Crippen LogP contribution in [0.5, 0.6) is 0 Å². The normalized spacial score (nSPS) is 10.6. The number of methoxy groups -OCH3 is 1. The van der Waals surface area contributed by atoms with Crippen molar-refractivity contribution in [1.29, 1.82) is 0 Å². The van der Waals surface area contributed by atoms with E-state index in [0.29, 0.717) is 9.13 Å². The van der Waals surface area contributed by atoms with E-state index in [1.165, 1.54) is 13.3 Å². The molecule has 0 aliphatic heterocycles. The van der Waals surface area contributed by atoms with E-state index < -0.39 is 12.4 Å². The molecule has 88 valence electrons. The van der Waals surface area contributed by atoms with Crippen LogP contribution < -0.4 is 0 Å². The molecule has 0 N–H and O–H groups in total. The van der Waals surface area contributed by atoms with Gasteiger partial charge in [-0.25, -0.2) is 13.8 Å². The van der Waals surface area contributed by atoms with Gasteiger partial charge >= 0.3 is 5.97 Å². The minimum Gasteiger partial charge on any atom is -0.469 e. The largest absolute Gasteiger partial charge is 0.469 e. The molecule has 0 saturated heterocycles. The Hall–Kier alpha value is -0.310. The summed E-state index contributed by atoms with van der Waals surface area (Å²) in [6.45, 7) is 0. The summed E-state index contributed by atoms with van der Waals surface area (Å²) in [7, 11) is 1.25. The van der Waals surface area contributed by atoms with Gasteiger partial charge in [0.1, 0.15) is 4.60 Å². The molecule has 0 unspecified atom stereocenters. The highest BCUT2D eigenvalue weighted by Gasteiger charge is 2.20. The van der Waals surface area contributed by atoms with Crippen LogP contribution in [0.15, 0.2) is 10.8 Å². The van der Waals surface area contributed by atoms with E-state index >= 15 is 0 Å². The Morgan fingerprint density at radius 2 is 2.31 bits per heavy atom. The van der Waals surface area contributed by atoms with Crippen LogP contribution in [0.4, 0.5) is 8.78 Å². The summed E-state index contributed by atoms with van der Waals surface area (Å²) in [5.74, 6) is -0.484. The molecule has 0 spiro atoms. The van der Waals surface area contributed by atoms with Crippen molar-refractivity contribution in [3.05, 3.63) is 25.5 Å². The van der Waals surface area contributed by atoms with Gasteiger partial charge in [-0.3, -0.25) is 4.79 Å². The number of hydrogen-bond donors (Lipinski definition) is 0. The second-order valence-electron chi connectivity index (χ2n) is 2.86. The Kier molecular flexibility index (Phi) is 5.03. The molecule has 3 nitrogen and oxygen atoms in total. The highest BCUT2D eigenvalue weighted by molar-refractivity contribution is 14.1. The van der Waals surface area contributed by atoms with Crippen LogP contribution in [0, 0.1) is 3.57 Å². The molecule has 0 atom stereocenters. The Bertz CT molecular complexity index is 415. The van der Waals surface area contributed by atoms with Crippen LogP contribution in [-0.2, 0) is 16.0 Å². The van der Waals surface area contributed by atoms with E-state index in [4.69, 9.17) is 0 Å². The van der Waals surface area contributed by atoms with Gasteiger partial charge < -0.3 is 4.74 Å². The summed E-state index contributed by atoms with van der Waals surface area (Å²) in [5.41, 5.74) is 0.243. The molecular formula is C9H7BrF2INO2. The Labute approximate surface area is 113 Å². The number of nitrogens with zero attached hydrogens (tertiary/aromatic N) is 1. The molecule has 0 bridgehead atoms. The molecular weight excluding hydrogens is 399 g/mol. The quantitative estimate of drug-likeness (QED) is 0.440. The van der Waals surface area contributed by atoms with Gasteiger partial charge in [-0.15, -0.1) is 0 Å². The van der Waals surface area contributed by atoms with Gasteiger partial charge in [0.05, 0.1) is 19.1 Å². The number of rotatable bonds is 3. The molecule has 0 radical (unpaired) electrons.